The maximum atomic E-state index is 13.1. The van der Waals surface area contributed by atoms with E-state index < -0.39 is 15.8 Å². The molecule has 0 aromatic heterocycles. The molecular weight excluding hydrogens is 547 g/mol. The number of rotatable bonds is 8. The van der Waals surface area contributed by atoms with Crippen LogP contribution in [0.1, 0.15) is 11.1 Å². The predicted molar refractivity (Wildman–Crippen MR) is 141 cm³/mol. The summed E-state index contributed by atoms with van der Waals surface area (Å²) in [6.07, 6.45) is 0.0744. The molecule has 0 saturated heterocycles. The van der Waals surface area contributed by atoms with Gasteiger partial charge in [0.15, 0.2) is 5.75 Å². The van der Waals surface area contributed by atoms with Crippen LogP contribution in [0.5, 0.6) is 11.5 Å². The molecule has 1 amide bonds. The fourth-order valence-electron chi connectivity index (χ4n) is 3.32. The standard InChI is InChI=1S/C27H22BrFN2O4S/c1-18-2-11-23(12-3-18)35-26-17-20(28)6-15-25(26)30-27(32)16-19-4-9-22(10-5-19)31-36(33,34)24-13-7-21(29)8-14-24/h2-15,17,31H,16H2,1H3,(H,30,32). The summed E-state index contributed by atoms with van der Waals surface area (Å²) in [5.74, 6) is 0.360. The van der Waals surface area contributed by atoms with E-state index in [1.165, 1.54) is 12.1 Å². The molecule has 2 N–H and O–H groups in total. The summed E-state index contributed by atoms with van der Waals surface area (Å²) in [5, 5.41) is 2.87. The molecule has 4 aromatic rings. The molecule has 0 unspecified atom stereocenters. The number of halogens is 2. The highest BCUT2D eigenvalue weighted by Gasteiger charge is 2.15. The lowest BCUT2D eigenvalue weighted by atomic mass is 10.1. The van der Waals surface area contributed by atoms with Gasteiger partial charge >= 0.3 is 0 Å². The third-order valence-electron chi connectivity index (χ3n) is 5.16. The van der Waals surface area contributed by atoms with Crippen LogP contribution < -0.4 is 14.8 Å². The minimum atomic E-state index is -3.86. The Balaban J connectivity index is 1.41. The molecule has 0 radical (unpaired) electrons. The second-order valence-corrected chi connectivity index (χ2v) is 10.6. The summed E-state index contributed by atoms with van der Waals surface area (Å²) in [4.78, 5) is 12.7. The lowest BCUT2D eigenvalue weighted by molar-refractivity contribution is -0.115. The van der Waals surface area contributed by atoms with E-state index in [2.05, 4.69) is 26.0 Å². The van der Waals surface area contributed by atoms with Crippen LogP contribution in [-0.2, 0) is 21.2 Å². The van der Waals surface area contributed by atoms with Crippen molar-refractivity contribution in [1.29, 1.82) is 0 Å². The molecule has 0 saturated carbocycles. The van der Waals surface area contributed by atoms with Crippen molar-refractivity contribution in [3.63, 3.8) is 0 Å². The van der Waals surface area contributed by atoms with Gasteiger partial charge in [0.1, 0.15) is 11.6 Å². The first-order valence-corrected chi connectivity index (χ1v) is 13.2. The van der Waals surface area contributed by atoms with E-state index in [-0.39, 0.29) is 17.2 Å². The zero-order valence-electron chi connectivity index (χ0n) is 19.2. The summed E-state index contributed by atoms with van der Waals surface area (Å²) in [5.41, 5.74) is 2.65. The first-order valence-electron chi connectivity index (χ1n) is 10.9. The van der Waals surface area contributed by atoms with Crippen LogP contribution in [0.4, 0.5) is 15.8 Å². The van der Waals surface area contributed by atoms with Gasteiger partial charge in [0.05, 0.1) is 17.0 Å². The fraction of sp³-hybridized carbons (Fsp3) is 0.0741. The maximum Gasteiger partial charge on any atom is 0.261 e. The summed E-state index contributed by atoms with van der Waals surface area (Å²) in [7, 11) is -3.86. The van der Waals surface area contributed by atoms with Crippen molar-refractivity contribution in [2.75, 3.05) is 10.0 Å². The molecule has 6 nitrogen and oxygen atoms in total. The first-order chi connectivity index (χ1) is 17.2. The zero-order valence-corrected chi connectivity index (χ0v) is 21.6. The van der Waals surface area contributed by atoms with Crippen LogP contribution in [0.2, 0.25) is 0 Å². The zero-order chi connectivity index (χ0) is 25.7. The summed E-state index contributed by atoms with van der Waals surface area (Å²) in [6, 6.07) is 23.9. The van der Waals surface area contributed by atoms with Crippen LogP contribution in [0.25, 0.3) is 0 Å². The van der Waals surface area contributed by atoms with E-state index in [0.29, 0.717) is 28.4 Å². The van der Waals surface area contributed by atoms with Gasteiger partial charge in [0, 0.05) is 10.2 Å². The third-order valence-corrected chi connectivity index (χ3v) is 7.05. The molecule has 0 aliphatic rings. The van der Waals surface area contributed by atoms with Crippen molar-refractivity contribution >= 4 is 43.2 Å². The van der Waals surface area contributed by atoms with E-state index >= 15 is 0 Å². The van der Waals surface area contributed by atoms with Crippen LogP contribution in [0.3, 0.4) is 0 Å². The molecule has 0 aliphatic heterocycles. The summed E-state index contributed by atoms with van der Waals surface area (Å²) in [6.45, 7) is 1.99. The Kier molecular flexibility index (Phi) is 7.71. The molecule has 0 spiro atoms. The molecule has 4 rings (SSSR count). The van der Waals surface area contributed by atoms with Crippen LogP contribution >= 0.6 is 15.9 Å². The number of hydrogen-bond donors (Lipinski definition) is 2. The van der Waals surface area contributed by atoms with Crippen molar-refractivity contribution in [2.24, 2.45) is 0 Å². The van der Waals surface area contributed by atoms with Gasteiger partial charge in [-0.1, -0.05) is 45.8 Å². The smallest absolute Gasteiger partial charge is 0.261 e. The van der Waals surface area contributed by atoms with Gasteiger partial charge in [0.25, 0.3) is 10.0 Å². The normalized spacial score (nSPS) is 11.1. The van der Waals surface area contributed by atoms with E-state index in [0.717, 1.165) is 22.2 Å². The Morgan fingerprint density at radius 3 is 2.25 bits per heavy atom. The van der Waals surface area contributed by atoms with Gasteiger partial charge in [-0.2, -0.15) is 0 Å². The second kappa shape index (κ2) is 10.9. The molecule has 0 fully saturated rings. The minimum absolute atomic E-state index is 0.0505. The van der Waals surface area contributed by atoms with Crippen molar-refractivity contribution < 1.29 is 22.3 Å². The number of sulfonamides is 1. The van der Waals surface area contributed by atoms with E-state index in [9.17, 15) is 17.6 Å². The van der Waals surface area contributed by atoms with Crippen LogP contribution in [-0.4, -0.2) is 14.3 Å². The minimum Gasteiger partial charge on any atom is -0.455 e. The summed E-state index contributed by atoms with van der Waals surface area (Å²) >= 11 is 3.43. The molecule has 0 heterocycles. The predicted octanol–water partition coefficient (Wildman–Crippen LogP) is 6.67. The van der Waals surface area contributed by atoms with Gasteiger partial charge < -0.3 is 10.1 Å². The van der Waals surface area contributed by atoms with Crippen molar-refractivity contribution in [3.8, 4) is 11.5 Å². The van der Waals surface area contributed by atoms with E-state index in [4.69, 9.17) is 4.74 Å². The SMILES string of the molecule is Cc1ccc(Oc2cc(Br)ccc2NC(=O)Cc2ccc(NS(=O)(=O)c3ccc(F)cc3)cc2)cc1. The maximum absolute atomic E-state index is 13.1. The Hall–Kier alpha value is -3.69. The fourth-order valence-corrected chi connectivity index (χ4v) is 4.71. The van der Waals surface area contributed by atoms with Crippen molar-refractivity contribution in [1.82, 2.24) is 0 Å². The number of benzene rings is 4. The molecule has 36 heavy (non-hydrogen) atoms. The quantitative estimate of drug-likeness (QED) is 0.248. The first kappa shape index (κ1) is 25.4. The number of carbonyl (C=O) groups is 1. The van der Waals surface area contributed by atoms with Crippen molar-refractivity contribution in [2.45, 2.75) is 18.2 Å². The second-order valence-electron chi connectivity index (χ2n) is 8.04. The van der Waals surface area contributed by atoms with Gasteiger partial charge in [0.2, 0.25) is 5.91 Å². The number of ether oxygens (including phenoxy) is 1. The number of nitrogens with one attached hydrogen (secondary N) is 2. The monoisotopic (exact) mass is 568 g/mol. The van der Waals surface area contributed by atoms with E-state index in [1.807, 2.05) is 31.2 Å². The molecule has 9 heteroatoms. The molecular formula is C27H22BrFN2O4S. The summed E-state index contributed by atoms with van der Waals surface area (Å²) < 4.78 is 47.2. The van der Waals surface area contributed by atoms with E-state index in [1.54, 1.807) is 42.5 Å². The highest BCUT2D eigenvalue weighted by atomic mass is 79.9. The Labute approximate surface area is 217 Å². The lowest BCUT2D eigenvalue weighted by Crippen LogP contribution is -2.15. The third kappa shape index (κ3) is 6.71. The highest BCUT2D eigenvalue weighted by molar-refractivity contribution is 9.10. The van der Waals surface area contributed by atoms with Gasteiger partial charge in [-0.3, -0.25) is 9.52 Å². The number of aryl methyl sites for hydroxylation is 1. The Morgan fingerprint density at radius 1 is 0.917 bits per heavy atom. The number of amides is 1. The van der Waals surface area contributed by atoms with Gasteiger partial charge in [-0.25, -0.2) is 12.8 Å². The average Bonchev–Trinajstić information content (AvgIpc) is 2.83. The lowest BCUT2D eigenvalue weighted by Gasteiger charge is -2.13. The molecule has 184 valence electrons. The topological polar surface area (TPSA) is 84.5 Å². The molecule has 0 bridgehead atoms. The Morgan fingerprint density at radius 2 is 1.58 bits per heavy atom. The molecule has 0 atom stereocenters. The largest absolute Gasteiger partial charge is 0.455 e. The molecule has 4 aromatic carbocycles. The van der Waals surface area contributed by atoms with Gasteiger partial charge in [-0.05, 0) is 79.2 Å². The van der Waals surface area contributed by atoms with Crippen LogP contribution in [0, 0.1) is 12.7 Å². The Bertz CT molecular complexity index is 1470. The average molecular weight is 569 g/mol. The van der Waals surface area contributed by atoms with Crippen molar-refractivity contribution in [3.05, 3.63) is 112 Å². The number of hydrogen-bond acceptors (Lipinski definition) is 4. The highest BCUT2D eigenvalue weighted by Crippen LogP contribution is 2.32. The molecule has 0 aliphatic carbocycles. The van der Waals surface area contributed by atoms with Gasteiger partial charge in [-0.15, -0.1) is 0 Å². The van der Waals surface area contributed by atoms with Crippen LogP contribution in [0.15, 0.2) is 100 Å². The number of anilines is 2. The number of carbonyl (C=O) groups excluding carboxylic acids is 1.